The van der Waals surface area contributed by atoms with Crippen LogP contribution in [0.25, 0.3) is 0 Å². The van der Waals surface area contributed by atoms with Gasteiger partial charge in [0.25, 0.3) is 0 Å². The molecule has 4 heteroatoms. The molecule has 1 rings (SSSR count). The Bertz CT molecular complexity index is 235. The van der Waals surface area contributed by atoms with Gasteiger partial charge in [-0.3, -0.25) is 4.79 Å². The van der Waals surface area contributed by atoms with E-state index in [2.05, 4.69) is 19.0 Å². The van der Waals surface area contributed by atoms with Crippen molar-refractivity contribution < 1.29 is 4.79 Å². The van der Waals surface area contributed by atoms with Crippen molar-refractivity contribution in [3.8, 4) is 0 Å². The van der Waals surface area contributed by atoms with E-state index >= 15 is 0 Å². The zero-order valence-electron chi connectivity index (χ0n) is 12.0. The first-order valence-electron chi connectivity index (χ1n) is 7.29. The molecule has 106 valence electrons. The Kier molecular flexibility index (Phi) is 7.28. The number of nitrogens with zero attached hydrogens (tertiary/aromatic N) is 2. The van der Waals surface area contributed by atoms with Gasteiger partial charge in [-0.25, -0.2) is 0 Å². The van der Waals surface area contributed by atoms with Crippen molar-refractivity contribution in [3.05, 3.63) is 0 Å². The van der Waals surface area contributed by atoms with Crippen LogP contribution in [0.3, 0.4) is 0 Å². The fraction of sp³-hybridized carbons (Fsp3) is 0.929. The van der Waals surface area contributed by atoms with Crippen LogP contribution in [0.4, 0.5) is 0 Å². The Balaban J connectivity index is 2.12. The van der Waals surface area contributed by atoms with E-state index in [1.54, 1.807) is 0 Å². The van der Waals surface area contributed by atoms with Gasteiger partial charge in [-0.2, -0.15) is 0 Å². The fourth-order valence-corrected chi connectivity index (χ4v) is 2.56. The first-order valence-corrected chi connectivity index (χ1v) is 7.29. The molecule has 0 aromatic rings. The second-order valence-electron chi connectivity index (χ2n) is 5.53. The first-order chi connectivity index (χ1) is 8.65. The molecule has 0 radical (unpaired) electrons. The highest BCUT2D eigenvalue weighted by Crippen LogP contribution is 2.15. The number of nitrogens with two attached hydrogens (primary N) is 1. The number of carbonyl (C=O) groups is 1. The fourth-order valence-electron chi connectivity index (χ4n) is 2.56. The molecule has 1 amide bonds. The van der Waals surface area contributed by atoms with Crippen molar-refractivity contribution >= 4 is 5.91 Å². The molecule has 1 aliphatic rings. The minimum atomic E-state index is 0.347. The van der Waals surface area contributed by atoms with Gasteiger partial charge in [0.05, 0.1) is 0 Å². The summed E-state index contributed by atoms with van der Waals surface area (Å²) in [6, 6.07) is 0.651. The van der Waals surface area contributed by atoms with Crippen molar-refractivity contribution in [2.75, 3.05) is 33.7 Å². The molecule has 1 aliphatic heterocycles. The maximum Gasteiger partial charge on any atom is 0.222 e. The van der Waals surface area contributed by atoms with Crippen molar-refractivity contribution in [3.63, 3.8) is 0 Å². The molecule has 4 nitrogen and oxygen atoms in total. The second kappa shape index (κ2) is 8.48. The Morgan fingerprint density at radius 1 is 1.17 bits per heavy atom. The molecular formula is C14H29N3O. The van der Waals surface area contributed by atoms with Crippen LogP contribution in [0.1, 0.15) is 44.9 Å². The summed E-state index contributed by atoms with van der Waals surface area (Å²) in [5.41, 5.74) is 5.45. The number of hydrogen-bond acceptors (Lipinski definition) is 3. The van der Waals surface area contributed by atoms with Crippen LogP contribution >= 0.6 is 0 Å². The summed E-state index contributed by atoms with van der Waals surface area (Å²) in [6.45, 7) is 2.64. The van der Waals surface area contributed by atoms with Crippen LogP contribution in [-0.4, -0.2) is 55.5 Å². The van der Waals surface area contributed by atoms with Crippen molar-refractivity contribution in [2.45, 2.75) is 51.0 Å². The summed E-state index contributed by atoms with van der Waals surface area (Å²) in [5, 5.41) is 0. The van der Waals surface area contributed by atoms with E-state index in [4.69, 9.17) is 5.73 Å². The summed E-state index contributed by atoms with van der Waals surface area (Å²) >= 11 is 0. The number of likely N-dealkylation sites (tertiary alicyclic amines) is 1. The lowest BCUT2D eigenvalue weighted by molar-refractivity contribution is -0.132. The molecule has 0 saturated carbocycles. The van der Waals surface area contributed by atoms with Gasteiger partial charge in [-0.1, -0.05) is 12.8 Å². The molecule has 0 aliphatic carbocycles. The summed E-state index contributed by atoms with van der Waals surface area (Å²) in [6.07, 6.45) is 7.35. The highest BCUT2D eigenvalue weighted by Gasteiger charge is 2.23. The van der Waals surface area contributed by atoms with Gasteiger partial charge >= 0.3 is 0 Å². The SMILES string of the molecule is CN(C)C1CCN(C(=O)CCCCCCN)CC1. The molecular weight excluding hydrogens is 226 g/mol. The molecule has 0 unspecified atom stereocenters. The zero-order valence-corrected chi connectivity index (χ0v) is 12.0. The molecule has 0 atom stereocenters. The third kappa shape index (κ3) is 5.36. The maximum absolute atomic E-state index is 12.0. The molecule has 1 heterocycles. The van der Waals surface area contributed by atoms with E-state index in [0.29, 0.717) is 11.9 Å². The summed E-state index contributed by atoms with van der Waals surface area (Å²) in [5.74, 6) is 0.347. The zero-order chi connectivity index (χ0) is 13.4. The minimum Gasteiger partial charge on any atom is -0.343 e. The monoisotopic (exact) mass is 255 g/mol. The summed E-state index contributed by atoms with van der Waals surface area (Å²) < 4.78 is 0. The van der Waals surface area contributed by atoms with Gasteiger partial charge in [-0.15, -0.1) is 0 Å². The van der Waals surface area contributed by atoms with Crippen LogP contribution in [-0.2, 0) is 4.79 Å². The first kappa shape index (κ1) is 15.4. The Hall–Kier alpha value is -0.610. The van der Waals surface area contributed by atoms with E-state index in [9.17, 15) is 4.79 Å². The topological polar surface area (TPSA) is 49.6 Å². The van der Waals surface area contributed by atoms with Gasteiger partial charge in [0.1, 0.15) is 0 Å². The molecule has 2 N–H and O–H groups in total. The van der Waals surface area contributed by atoms with Crippen LogP contribution in [0, 0.1) is 0 Å². The minimum absolute atomic E-state index is 0.347. The predicted octanol–water partition coefficient (Wildman–Crippen LogP) is 1.45. The number of hydrogen-bond donors (Lipinski definition) is 1. The van der Waals surface area contributed by atoms with Gasteiger partial charge in [0, 0.05) is 25.6 Å². The normalized spacial score (nSPS) is 17.4. The maximum atomic E-state index is 12.0. The third-order valence-corrected chi connectivity index (χ3v) is 3.89. The van der Waals surface area contributed by atoms with E-state index in [1.165, 1.54) is 0 Å². The molecule has 0 bridgehead atoms. The third-order valence-electron chi connectivity index (χ3n) is 3.89. The van der Waals surface area contributed by atoms with Gasteiger partial charge in [0.15, 0.2) is 0 Å². The molecule has 0 spiro atoms. The number of piperidine rings is 1. The van der Waals surface area contributed by atoms with Crippen LogP contribution in [0.2, 0.25) is 0 Å². The van der Waals surface area contributed by atoms with Gasteiger partial charge in [0.2, 0.25) is 5.91 Å². The quantitative estimate of drug-likeness (QED) is 0.701. The molecule has 0 aromatic carbocycles. The Morgan fingerprint density at radius 3 is 2.33 bits per heavy atom. The number of amides is 1. The van der Waals surface area contributed by atoms with Crippen LogP contribution in [0.5, 0.6) is 0 Å². The van der Waals surface area contributed by atoms with Crippen molar-refractivity contribution in [2.24, 2.45) is 5.73 Å². The highest BCUT2D eigenvalue weighted by molar-refractivity contribution is 5.76. The standard InChI is InChI=1S/C14H29N3O/c1-16(2)13-8-11-17(12-9-13)14(18)7-5-3-4-6-10-15/h13H,3-12,15H2,1-2H3. The Labute approximate surface area is 111 Å². The number of rotatable bonds is 7. The highest BCUT2D eigenvalue weighted by atomic mass is 16.2. The van der Waals surface area contributed by atoms with E-state index in [-0.39, 0.29) is 0 Å². The molecule has 18 heavy (non-hydrogen) atoms. The van der Waals surface area contributed by atoms with Crippen molar-refractivity contribution in [1.82, 2.24) is 9.80 Å². The lowest BCUT2D eigenvalue weighted by Crippen LogP contribution is -2.44. The lowest BCUT2D eigenvalue weighted by atomic mass is 10.0. The van der Waals surface area contributed by atoms with E-state index < -0.39 is 0 Å². The van der Waals surface area contributed by atoms with Crippen LogP contribution in [0.15, 0.2) is 0 Å². The van der Waals surface area contributed by atoms with Gasteiger partial charge in [-0.05, 0) is 46.3 Å². The summed E-state index contributed by atoms with van der Waals surface area (Å²) in [4.78, 5) is 16.3. The largest absolute Gasteiger partial charge is 0.343 e. The average molecular weight is 255 g/mol. The lowest BCUT2D eigenvalue weighted by Gasteiger charge is -2.35. The predicted molar refractivity (Wildman–Crippen MR) is 75.4 cm³/mol. The Morgan fingerprint density at radius 2 is 1.78 bits per heavy atom. The van der Waals surface area contributed by atoms with Crippen LogP contribution < -0.4 is 5.73 Å². The van der Waals surface area contributed by atoms with E-state index in [0.717, 1.165) is 64.6 Å². The molecule has 1 fully saturated rings. The number of unbranched alkanes of at least 4 members (excludes halogenated alkanes) is 3. The van der Waals surface area contributed by atoms with Gasteiger partial charge < -0.3 is 15.5 Å². The number of carbonyl (C=O) groups excluding carboxylic acids is 1. The molecule has 0 aromatic heterocycles. The smallest absolute Gasteiger partial charge is 0.222 e. The average Bonchev–Trinajstić information content (AvgIpc) is 2.38. The summed E-state index contributed by atoms with van der Waals surface area (Å²) in [7, 11) is 4.25. The van der Waals surface area contributed by atoms with Crippen molar-refractivity contribution in [1.29, 1.82) is 0 Å². The van der Waals surface area contributed by atoms with E-state index in [1.807, 2.05) is 4.90 Å². The second-order valence-corrected chi connectivity index (χ2v) is 5.53. The molecule has 1 saturated heterocycles.